The van der Waals surface area contributed by atoms with Gasteiger partial charge in [0.2, 0.25) is 11.5 Å². The van der Waals surface area contributed by atoms with Crippen LogP contribution in [-0.4, -0.2) is 5.12 Å². The van der Waals surface area contributed by atoms with Gasteiger partial charge in [-0.05, 0) is 43.3 Å². The van der Waals surface area contributed by atoms with Gasteiger partial charge < -0.3 is 4.57 Å². The lowest BCUT2D eigenvalue weighted by molar-refractivity contribution is 0.108. The highest BCUT2D eigenvalue weighted by Gasteiger charge is 2.32. The number of aryl methyl sites for hydroxylation is 3. The van der Waals surface area contributed by atoms with Gasteiger partial charge in [-0.25, -0.2) is 0 Å². The quantitative estimate of drug-likeness (QED) is 0.567. The van der Waals surface area contributed by atoms with Crippen LogP contribution >= 0.6 is 17.7 Å². The van der Waals surface area contributed by atoms with Gasteiger partial charge in [0.1, 0.15) is 0 Å². The fourth-order valence-electron chi connectivity index (χ4n) is 3.17. The topological polar surface area (TPSA) is 34.1 Å². The molecule has 2 nitrogen and oxygen atoms in total. The SMILES string of the molecule is Cc1cc(C)c(C(=O)SP(=O)(c2ccccc2)c2ccccc2)c(C)c1. The summed E-state index contributed by atoms with van der Waals surface area (Å²) >= 11 is 0.957. The second kappa shape index (κ2) is 7.65. The Labute approximate surface area is 158 Å². The van der Waals surface area contributed by atoms with E-state index in [-0.39, 0.29) is 5.12 Å². The normalized spacial score (nSPS) is 11.3. The summed E-state index contributed by atoms with van der Waals surface area (Å²) in [6, 6.07) is 22.6. The third-order valence-corrected chi connectivity index (χ3v) is 9.40. The molecule has 0 atom stereocenters. The summed E-state index contributed by atoms with van der Waals surface area (Å²) in [7, 11) is 0. The number of benzene rings is 3. The minimum atomic E-state index is -3.13. The van der Waals surface area contributed by atoms with Gasteiger partial charge in [0.15, 0.2) is 0 Å². The summed E-state index contributed by atoms with van der Waals surface area (Å²) < 4.78 is 14.0. The van der Waals surface area contributed by atoms with Crippen LogP contribution in [0, 0.1) is 20.8 Å². The first-order chi connectivity index (χ1) is 12.4. The fraction of sp³-hybridized carbons (Fsp3) is 0.136. The van der Waals surface area contributed by atoms with Crippen LogP contribution in [0.25, 0.3) is 0 Å². The summed E-state index contributed by atoms with van der Waals surface area (Å²) in [6.45, 7) is 5.88. The maximum atomic E-state index is 14.0. The van der Waals surface area contributed by atoms with Crippen LogP contribution < -0.4 is 10.6 Å². The highest BCUT2D eigenvalue weighted by Crippen LogP contribution is 2.57. The molecule has 26 heavy (non-hydrogen) atoms. The van der Waals surface area contributed by atoms with E-state index in [9.17, 15) is 9.36 Å². The molecular weight excluding hydrogens is 359 g/mol. The molecular formula is C22H21O2PS. The van der Waals surface area contributed by atoms with E-state index in [0.717, 1.165) is 28.1 Å². The van der Waals surface area contributed by atoms with E-state index in [1.165, 1.54) is 0 Å². The van der Waals surface area contributed by atoms with Crippen LogP contribution in [0.3, 0.4) is 0 Å². The fourth-order valence-corrected chi connectivity index (χ4v) is 7.79. The number of hydrogen-bond donors (Lipinski definition) is 0. The summed E-state index contributed by atoms with van der Waals surface area (Å²) in [5.41, 5.74) is 3.63. The van der Waals surface area contributed by atoms with E-state index >= 15 is 0 Å². The molecule has 4 heteroatoms. The molecule has 0 unspecified atom stereocenters. The summed E-state index contributed by atoms with van der Waals surface area (Å²) in [4.78, 5) is 13.2. The second-order valence-electron chi connectivity index (χ2n) is 6.38. The number of rotatable bonds is 4. The highest BCUT2D eigenvalue weighted by molar-refractivity contribution is 8.69. The van der Waals surface area contributed by atoms with Crippen molar-refractivity contribution in [3.63, 3.8) is 0 Å². The molecule has 0 heterocycles. The maximum absolute atomic E-state index is 14.0. The predicted molar refractivity (Wildman–Crippen MR) is 112 cm³/mol. The van der Waals surface area contributed by atoms with Gasteiger partial charge in [0.25, 0.3) is 0 Å². The molecule has 0 aliphatic heterocycles. The molecule has 0 amide bonds. The zero-order valence-corrected chi connectivity index (χ0v) is 16.8. The third-order valence-electron chi connectivity index (χ3n) is 4.28. The Hall–Kier alpha value is -2.09. The Morgan fingerprint density at radius 3 is 1.62 bits per heavy atom. The summed E-state index contributed by atoms with van der Waals surface area (Å²) in [5, 5.41) is 1.23. The molecule has 3 aromatic rings. The van der Waals surface area contributed by atoms with Crippen molar-refractivity contribution in [2.24, 2.45) is 0 Å². The van der Waals surface area contributed by atoms with E-state index in [0.29, 0.717) is 16.2 Å². The zero-order chi connectivity index (χ0) is 18.7. The molecule has 3 rings (SSSR count). The Morgan fingerprint density at radius 1 is 0.769 bits per heavy atom. The molecule has 0 saturated carbocycles. The van der Waals surface area contributed by atoms with Crippen LogP contribution in [0.5, 0.6) is 0 Å². The van der Waals surface area contributed by atoms with Gasteiger partial charge in [0, 0.05) is 16.2 Å². The van der Waals surface area contributed by atoms with Gasteiger partial charge in [-0.2, -0.15) is 0 Å². The van der Waals surface area contributed by atoms with Crippen molar-refractivity contribution in [3.05, 3.63) is 95.1 Å². The number of carbonyl (C=O) groups is 1. The Balaban J connectivity index is 2.08. The van der Waals surface area contributed by atoms with E-state index in [1.807, 2.05) is 93.6 Å². The van der Waals surface area contributed by atoms with Gasteiger partial charge >= 0.3 is 0 Å². The molecule has 132 valence electrons. The molecule has 0 aromatic heterocycles. The van der Waals surface area contributed by atoms with Crippen molar-refractivity contribution in [2.75, 3.05) is 0 Å². The highest BCUT2D eigenvalue weighted by atomic mass is 32.7. The van der Waals surface area contributed by atoms with Crippen molar-refractivity contribution in [2.45, 2.75) is 20.8 Å². The smallest absolute Gasteiger partial charge is 0.227 e. The molecule has 0 radical (unpaired) electrons. The van der Waals surface area contributed by atoms with Gasteiger partial charge in [-0.1, -0.05) is 78.4 Å². The van der Waals surface area contributed by atoms with E-state index in [1.54, 1.807) is 0 Å². The number of hydrogen-bond acceptors (Lipinski definition) is 3. The van der Waals surface area contributed by atoms with Gasteiger partial charge in [-0.3, -0.25) is 4.79 Å². The first-order valence-electron chi connectivity index (χ1n) is 8.45. The Bertz CT molecular complexity index is 915. The first kappa shape index (κ1) is 18.7. The molecule has 0 fully saturated rings. The molecule has 0 aliphatic rings. The zero-order valence-electron chi connectivity index (χ0n) is 15.1. The van der Waals surface area contributed by atoms with E-state index < -0.39 is 6.34 Å². The lowest BCUT2D eigenvalue weighted by Gasteiger charge is -2.19. The van der Waals surface area contributed by atoms with Crippen LogP contribution in [0.1, 0.15) is 27.0 Å². The van der Waals surface area contributed by atoms with Crippen molar-refractivity contribution in [1.29, 1.82) is 0 Å². The van der Waals surface area contributed by atoms with E-state index in [4.69, 9.17) is 0 Å². The number of carbonyl (C=O) groups excluding carboxylic acids is 1. The molecule has 0 spiro atoms. The van der Waals surface area contributed by atoms with Crippen molar-refractivity contribution >= 4 is 33.4 Å². The van der Waals surface area contributed by atoms with E-state index in [2.05, 4.69) is 0 Å². The molecule has 0 bridgehead atoms. The van der Waals surface area contributed by atoms with Crippen LogP contribution in [-0.2, 0) is 4.57 Å². The summed E-state index contributed by atoms with van der Waals surface area (Å²) in [5.74, 6) is 0. The van der Waals surface area contributed by atoms with Gasteiger partial charge in [-0.15, -0.1) is 0 Å². The second-order valence-corrected chi connectivity index (χ2v) is 11.2. The Kier molecular flexibility index (Phi) is 5.50. The molecule has 0 N–H and O–H groups in total. The standard InChI is InChI=1S/C22H21O2PS/c1-16-14-17(2)21(18(3)15-16)22(23)26-25(24,19-10-6-4-7-11-19)20-12-8-5-9-13-20/h4-15H,1-3H3. The van der Waals surface area contributed by atoms with Crippen LogP contribution in [0.4, 0.5) is 0 Å². The third kappa shape index (κ3) is 3.70. The van der Waals surface area contributed by atoms with Crippen molar-refractivity contribution in [1.82, 2.24) is 0 Å². The monoisotopic (exact) mass is 380 g/mol. The van der Waals surface area contributed by atoms with Gasteiger partial charge in [0.05, 0.1) is 0 Å². The lowest BCUT2D eigenvalue weighted by Crippen LogP contribution is -2.15. The Morgan fingerprint density at radius 2 is 1.19 bits per heavy atom. The van der Waals surface area contributed by atoms with Crippen molar-refractivity contribution < 1.29 is 9.36 Å². The minimum absolute atomic E-state index is 0.143. The molecule has 3 aromatic carbocycles. The first-order valence-corrected chi connectivity index (χ1v) is 11.6. The largest absolute Gasteiger partial charge is 0.302 e. The van der Waals surface area contributed by atoms with Crippen LogP contribution in [0.2, 0.25) is 0 Å². The molecule has 0 aliphatic carbocycles. The predicted octanol–water partition coefficient (Wildman–Crippen LogP) is 5.41. The molecule has 0 saturated heterocycles. The van der Waals surface area contributed by atoms with Crippen molar-refractivity contribution in [3.8, 4) is 0 Å². The maximum Gasteiger partial charge on any atom is 0.227 e. The average molecular weight is 380 g/mol. The van der Waals surface area contributed by atoms with Crippen LogP contribution in [0.15, 0.2) is 72.8 Å². The minimum Gasteiger partial charge on any atom is -0.302 e. The summed E-state index contributed by atoms with van der Waals surface area (Å²) in [6.07, 6.45) is -3.13. The lowest BCUT2D eigenvalue weighted by atomic mass is 10.0. The average Bonchev–Trinajstić information content (AvgIpc) is 2.62.